The maximum absolute atomic E-state index is 5.83. The lowest BCUT2D eigenvalue weighted by atomic mass is 10.2. The molecule has 2 aromatic rings. The van der Waals surface area contributed by atoms with Gasteiger partial charge in [0.1, 0.15) is 0 Å². The first kappa shape index (κ1) is 10.5. The second kappa shape index (κ2) is 4.22. The van der Waals surface area contributed by atoms with Crippen molar-refractivity contribution in [2.45, 2.75) is 6.92 Å². The summed E-state index contributed by atoms with van der Waals surface area (Å²) in [5.74, 6) is 0.474. The molecule has 16 heavy (non-hydrogen) atoms. The average Bonchev–Trinajstić information content (AvgIpc) is 2.68. The zero-order chi connectivity index (χ0) is 11.5. The van der Waals surface area contributed by atoms with E-state index < -0.39 is 0 Å². The van der Waals surface area contributed by atoms with Crippen LogP contribution in [0.3, 0.4) is 0 Å². The van der Waals surface area contributed by atoms with Crippen LogP contribution in [0.5, 0.6) is 5.88 Å². The Hall–Kier alpha value is -2.04. The molecule has 0 saturated carbocycles. The number of aryl methyl sites for hydroxylation is 1. The van der Waals surface area contributed by atoms with Gasteiger partial charge in [-0.3, -0.25) is 4.68 Å². The van der Waals surface area contributed by atoms with E-state index in [9.17, 15) is 0 Å². The summed E-state index contributed by atoms with van der Waals surface area (Å²) in [6.45, 7) is 2.45. The van der Waals surface area contributed by atoms with Crippen LogP contribution < -0.4 is 10.5 Å². The van der Waals surface area contributed by atoms with E-state index in [1.807, 2.05) is 32.3 Å². The summed E-state index contributed by atoms with van der Waals surface area (Å²) in [4.78, 5) is 4.16. The van der Waals surface area contributed by atoms with Crippen LogP contribution >= 0.6 is 0 Å². The number of nitrogens with zero attached hydrogens (tertiary/aromatic N) is 3. The lowest BCUT2D eigenvalue weighted by Crippen LogP contribution is -1.99. The van der Waals surface area contributed by atoms with Crippen molar-refractivity contribution < 1.29 is 4.74 Å². The number of hydrogen-bond donors (Lipinski definition) is 1. The molecule has 2 rings (SSSR count). The molecule has 0 fully saturated rings. The van der Waals surface area contributed by atoms with E-state index in [2.05, 4.69) is 10.1 Å². The summed E-state index contributed by atoms with van der Waals surface area (Å²) in [5.41, 5.74) is 8.10. The normalized spacial score (nSPS) is 10.4. The minimum atomic E-state index is 0.474. The first-order valence-electron chi connectivity index (χ1n) is 5.09. The molecule has 0 aliphatic carbocycles. The fourth-order valence-electron chi connectivity index (χ4n) is 1.44. The zero-order valence-electron chi connectivity index (χ0n) is 9.34. The monoisotopic (exact) mass is 218 g/mol. The molecule has 5 nitrogen and oxygen atoms in total. The van der Waals surface area contributed by atoms with Crippen molar-refractivity contribution in [2.75, 3.05) is 12.3 Å². The number of anilines is 1. The minimum absolute atomic E-state index is 0.474. The third kappa shape index (κ3) is 1.98. The van der Waals surface area contributed by atoms with Crippen molar-refractivity contribution in [3.63, 3.8) is 0 Å². The van der Waals surface area contributed by atoms with Crippen LogP contribution in [0.15, 0.2) is 24.5 Å². The van der Waals surface area contributed by atoms with Gasteiger partial charge in [-0.05, 0) is 19.1 Å². The van der Waals surface area contributed by atoms with Crippen LogP contribution in [0.25, 0.3) is 11.3 Å². The Morgan fingerprint density at radius 3 is 2.88 bits per heavy atom. The summed E-state index contributed by atoms with van der Waals surface area (Å²) in [7, 11) is 1.87. The topological polar surface area (TPSA) is 66.0 Å². The Morgan fingerprint density at radius 1 is 1.50 bits per heavy atom. The van der Waals surface area contributed by atoms with Crippen LogP contribution in [0.1, 0.15) is 6.92 Å². The molecule has 0 aromatic carbocycles. The first-order valence-corrected chi connectivity index (χ1v) is 5.09. The van der Waals surface area contributed by atoms with Gasteiger partial charge in [0.2, 0.25) is 5.88 Å². The second-order valence-corrected chi connectivity index (χ2v) is 3.43. The van der Waals surface area contributed by atoms with E-state index in [-0.39, 0.29) is 0 Å². The van der Waals surface area contributed by atoms with E-state index in [4.69, 9.17) is 10.5 Å². The molecule has 5 heteroatoms. The molecule has 2 N–H and O–H groups in total. The van der Waals surface area contributed by atoms with E-state index >= 15 is 0 Å². The van der Waals surface area contributed by atoms with E-state index in [1.54, 1.807) is 10.9 Å². The lowest BCUT2D eigenvalue weighted by Gasteiger charge is -2.06. The third-order valence-corrected chi connectivity index (χ3v) is 2.17. The molecule has 0 amide bonds. The number of nitrogens with two attached hydrogens (primary N) is 1. The Balaban J connectivity index is 2.34. The van der Waals surface area contributed by atoms with Crippen molar-refractivity contribution in [3.05, 3.63) is 24.5 Å². The molecule has 2 aromatic heterocycles. The Bertz CT molecular complexity index is 492. The molecule has 0 aliphatic heterocycles. The molecule has 2 heterocycles. The zero-order valence-corrected chi connectivity index (χ0v) is 9.34. The van der Waals surface area contributed by atoms with Crippen molar-refractivity contribution in [3.8, 4) is 17.1 Å². The molecular weight excluding hydrogens is 204 g/mol. The fourth-order valence-corrected chi connectivity index (χ4v) is 1.44. The van der Waals surface area contributed by atoms with Crippen LogP contribution in [-0.4, -0.2) is 21.4 Å². The van der Waals surface area contributed by atoms with Crippen LogP contribution in [0, 0.1) is 0 Å². The van der Waals surface area contributed by atoms with E-state index in [1.165, 1.54) is 0 Å². The quantitative estimate of drug-likeness (QED) is 0.847. The number of pyridine rings is 1. The van der Waals surface area contributed by atoms with Gasteiger partial charge in [0.15, 0.2) is 0 Å². The maximum Gasteiger partial charge on any atom is 0.237 e. The van der Waals surface area contributed by atoms with Gasteiger partial charge < -0.3 is 10.5 Å². The number of aromatic nitrogens is 3. The number of ether oxygens (including phenoxy) is 1. The molecule has 0 saturated heterocycles. The SMILES string of the molecule is CCOc1ncc(-c2ccn(C)n2)cc1N. The van der Waals surface area contributed by atoms with Crippen molar-refractivity contribution >= 4 is 5.69 Å². The van der Waals surface area contributed by atoms with Crippen molar-refractivity contribution in [1.29, 1.82) is 0 Å². The van der Waals surface area contributed by atoms with E-state index in [0.717, 1.165) is 11.3 Å². The molecule has 84 valence electrons. The predicted molar refractivity (Wildman–Crippen MR) is 62.0 cm³/mol. The number of hydrogen-bond acceptors (Lipinski definition) is 4. The molecular formula is C11H14N4O. The molecule has 0 unspecified atom stereocenters. The average molecular weight is 218 g/mol. The summed E-state index contributed by atoms with van der Waals surface area (Å²) >= 11 is 0. The number of nitrogen functional groups attached to an aromatic ring is 1. The van der Waals surface area contributed by atoms with Gasteiger partial charge >= 0.3 is 0 Å². The molecule has 0 aliphatic rings. The van der Waals surface area contributed by atoms with Gasteiger partial charge in [-0.2, -0.15) is 5.10 Å². The van der Waals surface area contributed by atoms with Crippen LogP contribution in [0.2, 0.25) is 0 Å². The standard InChI is InChI=1S/C11H14N4O/c1-3-16-11-9(12)6-8(7-13-11)10-4-5-15(2)14-10/h4-7H,3,12H2,1-2H3. The van der Waals surface area contributed by atoms with Gasteiger partial charge in [0.25, 0.3) is 0 Å². The van der Waals surface area contributed by atoms with Gasteiger partial charge in [0.05, 0.1) is 18.0 Å². The van der Waals surface area contributed by atoms with Gasteiger partial charge in [-0.25, -0.2) is 4.98 Å². The highest BCUT2D eigenvalue weighted by Crippen LogP contribution is 2.24. The van der Waals surface area contributed by atoms with Crippen LogP contribution in [0.4, 0.5) is 5.69 Å². The lowest BCUT2D eigenvalue weighted by molar-refractivity contribution is 0.329. The Kier molecular flexibility index (Phi) is 2.76. The van der Waals surface area contributed by atoms with Crippen molar-refractivity contribution in [1.82, 2.24) is 14.8 Å². The summed E-state index contributed by atoms with van der Waals surface area (Å²) in [5, 5.41) is 4.28. The van der Waals surface area contributed by atoms with Gasteiger partial charge in [0, 0.05) is 25.0 Å². The van der Waals surface area contributed by atoms with Crippen molar-refractivity contribution in [2.24, 2.45) is 7.05 Å². The van der Waals surface area contributed by atoms with Crippen LogP contribution in [-0.2, 0) is 7.05 Å². The summed E-state index contributed by atoms with van der Waals surface area (Å²) in [6, 6.07) is 3.73. The number of rotatable bonds is 3. The van der Waals surface area contributed by atoms with Gasteiger partial charge in [-0.15, -0.1) is 0 Å². The smallest absolute Gasteiger partial charge is 0.237 e. The second-order valence-electron chi connectivity index (χ2n) is 3.43. The largest absolute Gasteiger partial charge is 0.477 e. The van der Waals surface area contributed by atoms with E-state index in [0.29, 0.717) is 18.2 Å². The maximum atomic E-state index is 5.83. The highest BCUT2D eigenvalue weighted by Gasteiger charge is 2.06. The minimum Gasteiger partial charge on any atom is -0.477 e. The fraction of sp³-hybridized carbons (Fsp3) is 0.273. The Morgan fingerprint density at radius 2 is 2.31 bits per heavy atom. The van der Waals surface area contributed by atoms with Gasteiger partial charge in [-0.1, -0.05) is 0 Å². The first-order chi connectivity index (χ1) is 7.70. The summed E-state index contributed by atoms with van der Waals surface area (Å²) < 4.78 is 7.01. The third-order valence-electron chi connectivity index (χ3n) is 2.17. The predicted octanol–water partition coefficient (Wildman–Crippen LogP) is 1.46. The Labute approximate surface area is 93.9 Å². The molecule has 0 radical (unpaired) electrons. The highest BCUT2D eigenvalue weighted by atomic mass is 16.5. The highest BCUT2D eigenvalue weighted by molar-refractivity contribution is 5.65. The molecule has 0 bridgehead atoms. The summed E-state index contributed by atoms with van der Waals surface area (Å²) in [6.07, 6.45) is 3.59. The molecule has 0 spiro atoms. The molecule has 0 atom stereocenters.